The fourth-order valence-electron chi connectivity index (χ4n) is 2.97. The molecule has 2 aliphatic heterocycles. The van der Waals surface area contributed by atoms with Crippen molar-refractivity contribution in [2.24, 2.45) is 0 Å². The molecule has 0 atom stereocenters. The van der Waals surface area contributed by atoms with E-state index in [4.69, 9.17) is 27.9 Å². The zero-order chi connectivity index (χ0) is 13.9. The van der Waals surface area contributed by atoms with E-state index in [0.29, 0.717) is 0 Å². The molecule has 0 radical (unpaired) electrons. The van der Waals surface area contributed by atoms with Crippen LogP contribution in [0.3, 0.4) is 0 Å². The van der Waals surface area contributed by atoms with Crippen molar-refractivity contribution in [2.75, 3.05) is 45.9 Å². The van der Waals surface area contributed by atoms with Gasteiger partial charge >= 0.3 is 0 Å². The van der Waals surface area contributed by atoms with Gasteiger partial charge in [-0.2, -0.15) is 0 Å². The number of ether oxygens (including phenoxy) is 1. The average Bonchev–Trinajstić information content (AvgIpc) is 2.45. The topological polar surface area (TPSA) is 15.7 Å². The first-order chi connectivity index (χ1) is 9.72. The van der Waals surface area contributed by atoms with Crippen LogP contribution in [0.1, 0.15) is 11.1 Å². The minimum Gasteiger partial charge on any atom is -0.379 e. The lowest BCUT2D eigenvalue weighted by Gasteiger charge is -2.33. The third kappa shape index (κ3) is 3.46. The third-order valence-corrected chi connectivity index (χ3v) is 4.72. The maximum Gasteiger partial charge on any atom is 0.0594 e. The Bertz CT molecular complexity index is 475. The lowest BCUT2D eigenvalue weighted by molar-refractivity contribution is 0.0327. The average molecular weight is 315 g/mol. The highest BCUT2D eigenvalue weighted by atomic mass is 35.5. The molecule has 2 heterocycles. The van der Waals surface area contributed by atoms with Crippen LogP contribution in [0, 0.1) is 0 Å². The van der Waals surface area contributed by atoms with Gasteiger partial charge in [0.05, 0.1) is 13.2 Å². The van der Waals surface area contributed by atoms with Gasteiger partial charge in [-0.1, -0.05) is 23.2 Å². The summed E-state index contributed by atoms with van der Waals surface area (Å²) >= 11 is 12.4. The van der Waals surface area contributed by atoms with Crippen molar-refractivity contribution >= 4 is 23.2 Å². The Hall–Kier alpha value is -0.320. The molecule has 5 heteroatoms. The number of benzene rings is 1. The highest BCUT2D eigenvalue weighted by Gasteiger charge is 2.20. The molecule has 110 valence electrons. The molecular weight excluding hydrogens is 295 g/mol. The number of fused-ring (bicyclic) bond motifs is 1. The second kappa shape index (κ2) is 6.63. The summed E-state index contributed by atoms with van der Waals surface area (Å²) in [7, 11) is 0. The van der Waals surface area contributed by atoms with Crippen LogP contribution in [0.15, 0.2) is 12.1 Å². The van der Waals surface area contributed by atoms with Crippen LogP contribution in [0.5, 0.6) is 0 Å². The summed E-state index contributed by atoms with van der Waals surface area (Å²) in [6.45, 7) is 8.11. The summed E-state index contributed by atoms with van der Waals surface area (Å²) in [6.07, 6.45) is 1.02. The van der Waals surface area contributed by atoms with E-state index in [-0.39, 0.29) is 0 Å². The molecular formula is C15H20Cl2N2O. The largest absolute Gasteiger partial charge is 0.379 e. The maximum absolute atomic E-state index is 6.27. The van der Waals surface area contributed by atoms with E-state index in [1.54, 1.807) is 0 Å². The minimum absolute atomic E-state index is 0.740. The first-order valence-electron chi connectivity index (χ1n) is 7.21. The second-order valence-electron chi connectivity index (χ2n) is 5.51. The summed E-state index contributed by atoms with van der Waals surface area (Å²) in [5.41, 5.74) is 2.56. The van der Waals surface area contributed by atoms with Gasteiger partial charge in [-0.25, -0.2) is 0 Å². The molecule has 1 fully saturated rings. The van der Waals surface area contributed by atoms with Gasteiger partial charge in [0.2, 0.25) is 0 Å². The van der Waals surface area contributed by atoms with Gasteiger partial charge in [0.1, 0.15) is 0 Å². The van der Waals surface area contributed by atoms with Crippen LogP contribution < -0.4 is 0 Å². The Balaban J connectivity index is 1.58. The Morgan fingerprint density at radius 3 is 2.55 bits per heavy atom. The van der Waals surface area contributed by atoms with Gasteiger partial charge in [0.15, 0.2) is 0 Å². The number of halogens is 2. The predicted octanol–water partition coefficient (Wildman–Crippen LogP) is 2.68. The first-order valence-corrected chi connectivity index (χ1v) is 7.97. The van der Waals surface area contributed by atoms with Crippen molar-refractivity contribution in [2.45, 2.75) is 13.0 Å². The van der Waals surface area contributed by atoms with E-state index in [1.807, 2.05) is 6.07 Å². The smallest absolute Gasteiger partial charge is 0.0594 e. The van der Waals surface area contributed by atoms with Gasteiger partial charge in [-0.05, 0) is 29.7 Å². The van der Waals surface area contributed by atoms with Crippen LogP contribution in [0.2, 0.25) is 10.0 Å². The first kappa shape index (κ1) is 14.6. The molecule has 0 bridgehead atoms. The van der Waals surface area contributed by atoms with E-state index < -0.39 is 0 Å². The highest BCUT2D eigenvalue weighted by molar-refractivity contribution is 6.35. The van der Waals surface area contributed by atoms with Gasteiger partial charge in [-0.15, -0.1) is 0 Å². The standard InChI is InChI=1S/C15H20Cl2N2O/c16-13-9-12-11-19(2-1-14(12)15(17)10-13)4-3-18-5-7-20-8-6-18/h9-10H,1-8,11H2. The van der Waals surface area contributed by atoms with E-state index in [1.165, 1.54) is 11.1 Å². The highest BCUT2D eigenvalue weighted by Crippen LogP contribution is 2.29. The summed E-state index contributed by atoms with van der Waals surface area (Å²) in [6, 6.07) is 3.91. The van der Waals surface area contributed by atoms with E-state index in [9.17, 15) is 0 Å². The molecule has 3 rings (SSSR count). The zero-order valence-corrected chi connectivity index (χ0v) is 13.1. The number of rotatable bonds is 3. The second-order valence-corrected chi connectivity index (χ2v) is 6.35. The summed E-state index contributed by atoms with van der Waals surface area (Å²) in [5, 5.41) is 1.56. The van der Waals surface area contributed by atoms with E-state index in [0.717, 1.165) is 68.9 Å². The van der Waals surface area contributed by atoms with Crippen molar-refractivity contribution in [1.82, 2.24) is 9.80 Å². The van der Waals surface area contributed by atoms with Crippen LogP contribution in [-0.2, 0) is 17.7 Å². The molecule has 0 spiro atoms. The van der Waals surface area contributed by atoms with Gasteiger partial charge in [0, 0.05) is 49.3 Å². The number of hydrogen-bond acceptors (Lipinski definition) is 3. The molecule has 0 amide bonds. The van der Waals surface area contributed by atoms with E-state index in [2.05, 4.69) is 15.9 Å². The SMILES string of the molecule is Clc1cc(Cl)c2c(c1)CN(CCN1CCOCC1)CC2. The molecule has 0 unspecified atom stereocenters. The molecule has 0 aromatic heterocycles. The minimum atomic E-state index is 0.740. The number of hydrogen-bond donors (Lipinski definition) is 0. The predicted molar refractivity (Wildman–Crippen MR) is 82.7 cm³/mol. The fraction of sp³-hybridized carbons (Fsp3) is 0.600. The van der Waals surface area contributed by atoms with Crippen molar-refractivity contribution < 1.29 is 4.74 Å². The Morgan fingerprint density at radius 2 is 1.75 bits per heavy atom. The fourth-order valence-corrected chi connectivity index (χ4v) is 3.60. The molecule has 3 nitrogen and oxygen atoms in total. The lowest BCUT2D eigenvalue weighted by Crippen LogP contribution is -2.42. The summed E-state index contributed by atoms with van der Waals surface area (Å²) in [4.78, 5) is 4.97. The molecule has 20 heavy (non-hydrogen) atoms. The van der Waals surface area contributed by atoms with Crippen LogP contribution in [0.4, 0.5) is 0 Å². The monoisotopic (exact) mass is 314 g/mol. The molecule has 0 aliphatic carbocycles. The number of nitrogens with zero attached hydrogens (tertiary/aromatic N) is 2. The normalized spacial score (nSPS) is 20.9. The Labute approximate surface area is 130 Å². The Morgan fingerprint density at radius 1 is 1.00 bits per heavy atom. The quantitative estimate of drug-likeness (QED) is 0.853. The molecule has 1 aromatic carbocycles. The zero-order valence-electron chi connectivity index (χ0n) is 11.6. The van der Waals surface area contributed by atoms with Crippen molar-refractivity contribution in [3.05, 3.63) is 33.3 Å². The molecule has 1 aromatic rings. The van der Waals surface area contributed by atoms with Crippen LogP contribution in [0.25, 0.3) is 0 Å². The van der Waals surface area contributed by atoms with Gasteiger partial charge < -0.3 is 4.74 Å². The van der Waals surface area contributed by atoms with E-state index >= 15 is 0 Å². The van der Waals surface area contributed by atoms with Crippen LogP contribution >= 0.6 is 23.2 Å². The van der Waals surface area contributed by atoms with Gasteiger partial charge in [0.25, 0.3) is 0 Å². The maximum atomic E-state index is 6.27. The van der Waals surface area contributed by atoms with Crippen molar-refractivity contribution in [3.63, 3.8) is 0 Å². The number of morpholine rings is 1. The summed E-state index contributed by atoms with van der Waals surface area (Å²) < 4.78 is 5.38. The summed E-state index contributed by atoms with van der Waals surface area (Å²) in [5.74, 6) is 0. The molecule has 0 N–H and O–H groups in total. The lowest BCUT2D eigenvalue weighted by atomic mass is 10.00. The molecule has 0 saturated carbocycles. The van der Waals surface area contributed by atoms with Crippen molar-refractivity contribution in [3.8, 4) is 0 Å². The molecule has 2 aliphatic rings. The Kier molecular flexibility index (Phi) is 4.84. The molecule has 1 saturated heterocycles. The van der Waals surface area contributed by atoms with Crippen LogP contribution in [-0.4, -0.2) is 55.7 Å². The van der Waals surface area contributed by atoms with Gasteiger partial charge in [-0.3, -0.25) is 9.80 Å². The van der Waals surface area contributed by atoms with Crippen molar-refractivity contribution in [1.29, 1.82) is 0 Å². The third-order valence-electron chi connectivity index (χ3n) is 4.16.